The third-order valence-corrected chi connectivity index (χ3v) is 4.52. The number of nitrogens with one attached hydrogen (secondary N) is 2. The molecule has 0 radical (unpaired) electrons. The normalized spacial score (nSPS) is 10.7. The first-order valence-corrected chi connectivity index (χ1v) is 9.06. The molecule has 0 amide bonds. The predicted octanol–water partition coefficient (Wildman–Crippen LogP) is 3.81. The van der Waals surface area contributed by atoms with Gasteiger partial charge in [0.15, 0.2) is 5.96 Å². The monoisotopic (exact) mass is 471 g/mol. The van der Waals surface area contributed by atoms with Crippen LogP contribution in [0.1, 0.15) is 5.56 Å². The molecule has 0 aromatic heterocycles. The van der Waals surface area contributed by atoms with Crippen molar-refractivity contribution in [2.75, 3.05) is 33.0 Å². The van der Waals surface area contributed by atoms with E-state index < -0.39 is 0 Å². The average molecular weight is 471 g/mol. The molecule has 0 saturated carbocycles. The van der Waals surface area contributed by atoms with Crippen molar-refractivity contribution in [1.29, 1.82) is 0 Å². The zero-order valence-electron chi connectivity index (χ0n) is 14.7. The maximum atomic E-state index is 5.37. The first-order valence-electron chi connectivity index (χ1n) is 8.07. The molecule has 0 aliphatic rings. The number of hydrogen-bond acceptors (Lipinski definition) is 3. The van der Waals surface area contributed by atoms with Gasteiger partial charge in [-0.25, -0.2) is 0 Å². The van der Waals surface area contributed by atoms with Crippen LogP contribution in [0.5, 0.6) is 5.75 Å². The topological polar surface area (TPSA) is 45.7 Å². The zero-order chi connectivity index (χ0) is 17.0. The van der Waals surface area contributed by atoms with Crippen LogP contribution in [0, 0.1) is 0 Å². The third kappa shape index (κ3) is 8.00. The molecule has 0 spiro atoms. The van der Waals surface area contributed by atoms with Crippen LogP contribution in [0.15, 0.2) is 64.5 Å². The molecule has 2 aromatic rings. The summed E-state index contributed by atoms with van der Waals surface area (Å²) in [5, 5.41) is 6.68. The van der Waals surface area contributed by atoms with Crippen molar-refractivity contribution in [3.63, 3.8) is 0 Å². The zero-order valence-corrected chi connectivity index (χ0v) is 17.8. The van der Waals surface area contributed by atoms with E-state index in [1.54, 1.807) is 14.2 Å². The van der Waals surface area contributed by atoms with Crippen LogP contribution in [0.25, 0.3) is 0 Å². The summed E-state index contributed by atoms with van der Waals surface area (Å²) < 4.78 is 5.37. The van der Waals surface area contributed by atoms with E-state index in [4.69, 9.17) is 4.74 Å². The number of benzene rings is 2. The predicted molar refractivity (Wildman–Crippen MR) is 119 cm³/mol. The lowest BCUT2D eigenvalue weighted by Gasteiger charge is -2.13. The number of methoxy groups -OCH3 is 1. The highest BCUT2D eigenvalue weighted by Gasteiger charge is 2.02. The quantitative estimate of drug-likeness (QED) is 0.202. The molecular formula is C19H26IN3OS. The molecule has 0 unspecified atom stereocenters. The molecule has 0 aliphatic heterocycles. The van der Waals surface area contributed by atoms with E-state index in [0.717, 1.165) is 37.0 Å². The largest absolute Gasteiger partial charge is 0.496 e. The summed E-state index contributed by atoms with van der Waals surface area (Å²) in [5.74, 6) is 2.76. The fraction of sp³-hybridized carbons (Fsp3) is 0.316. The highest BCUT2D eigenvalue weighted by atomic mass is 127. The standard InChI is InChI=1S/C19H25N3OS.HI/c1-20-19(22-14-15-24-17-9-4-3-5-10-17)21-13-12-16-8-6-7-11-18(16)23-2;/h3-11H,12-15H2,1-2H3,(H2,20,21,22);1H. The fourth-order valence-corrected chi connectivity index (χ4v) is 3.09. The van der Waals surface area contributed by atoms with E-state index in [2.05, 4.69) is 46.0 Å². The SMILES string of the molecule is CN=C(NCCSc1ccccc1)NCCc1ccccc1OC.I. The summed E-state index contributed by atoms with van der Waals surface area (Å²) in [6, 6.07) is 18.5. The Kier molecular flexibility index (Phi) is 11.1. The lowest BCUT2D eigenvalue weighted by molar-refractivity contribution is 0.409. The van der Waals surface area contributed by atoms with Crippen molar-refractivity contribution in [1.82, 2.24) is 10.6 Å². The molecule has 0 aliphatic carbocycles. The highest BCUT2D eigenvalue weighted by Crippen LogP contribution is 2.17. The van der Waals surface area contributed by atoms with Crippen LogP contribution in [-0.2, 0) is 6.42 Å². The molecule has 2 aromatic carbocycles. The number of rotatable bonds is 8. The Morgan fingerprint density at radius 2 is 1.68 bits per heavy atom. The Bertz CT molecular complexity index is 638. The second-order valence-corrected chi connectivity index (χ2v) is 6.32. The number of thioether (sulfide) groups is 1. The first kappa shape index (κ1) is 21.6. The molecule has 0 saturated heterocycles. The van der Waals surface area contributed by atoms with Gasteiger partial charge in [-0.2, -0.15) is 0 Å². The van der Waals surface area contributed by atoms with Crippen LogP contribution in [0.4, 0.5) is 0 Å². The molecular weight excluding hydrogens is 445 g/mol. The van der Waals surface area contributed by atoms with Crippen molar-refractivity contribution in [2.24, 2.45) is 4.99 Å². The Balaban J connectivity index is 0.00000312. The minimum Gasteiger partial charge on any atom is -0.496 e. The minimum atomic E-state index is 0. The number of ether oxygens (including phenoxy) is 1. The molecule has 136 valence electrons. The molecule has 0 bridgehead atoms. The Morgan fingerprint density at radius 1 is 1.00 bits per heavy atom. The van der Waals surface area contributed by atoms with Crippen LogP contribution < -0.4 is 15.4 Å². The summed E-state index contributed by atoms with van der Waals surface area (Å²) in [6.45, 7) is 1.68. The fourth-order valence-electron chi connectivity index (χ4n) is 2.30. The summed E-state index contributed by atoms with van der Waals surface area (Å²) in [5.41, 5.74) is 1.20. The molecule has 2 rings (SSSR count). The van der Waals surface area contributed by atoms with Crippen molar-refractivity contribution in [3.8, 4) is 5.75 Å². The number of para-hydroxylation sites is 1. The van der Waals surface area contributed by atoms with Gasteiger partial charge in [0.2, 0.25) is 0 Å². The van der Waals surface area contributed by atoms with Crippen molar-refractivity contribution in [2.45, 2.75) is 11.3 Å². The van der Waals surface area contributed by atoms with Gasteiger partial charge in [-0.1, -0.05) is 36.4 Å². The van der Waals surface area contributed by atoms with Gasteiger partial charge in [0.05, 0.1) is 7.11 Å². The number of nitrogens with zero attached hydrogens (tertiary/aromatic N) is 1. The van der Waals surface area contributed by atoms with Crippen molar-refractivity contribution >= 4 is 41.7 Å². The maximum absolute atomic E-state index is 5.37. The second-order valence-electron chi connectivity index (χ2n) is 5.15. The van der Waals surface area contributed by atoms with Crippen LogP contribution in [0.2, 0.25) is 0 Å². The van der Waals surface area contributed by atoms with E-state index in [-0.39, 0.29) is 24.0 Å². The number of guanidine groups is 1. The molecule has 2 N–H and O–H groups in total. The number of hydrogen-bond donors (Lipinski definition) is 2. The maximum Gasteiger partial charge on any atom is 0.191 e. The molecule has 0 fully saturated rings. The molecule has 0 atom stereocenters. The first-order chi connectivity index (χ1) is 11.8. The molecule has 4 nitrogen and oxygen atoms in total. The van der Waals surface area contributed by atoms with Crippen molar-refractivity contribution in [3.05, 3.63) is 60.2 Å². The summed E-state index contributed by atoms with van der Waals surface area (Å²) in [6.07, 6.45) is 0.892. The van der Waals surface area contributed by atoms with Gasteiger partial charge in [-0.05, 0) is 30.2 Å². The Hall–Kier alpha value is -1.41. The summed E-state index contributed by atoms with van der Waals surface area (Å²) in [4.78, 5) is 5.55. The van der Waals surface area contributed by atoms with Crippen LogP contribution >= 0.6 is 35.7 Å². The Morgan fingerprint density at radius 3 is 2.40 bits per heavy atom. The van der Waals surface area contributed by atoms with Gasteiger partial charge >= 0.3 is 0 Å². The average Bonchev–Trinajstić information content (AvgIpc) is 2.65. The van der Waals surface area contributed by atoms with Gasteiger partial charge in [0.25, 0.3) is 0 Å². The van der Waals surface area contributed by atoms with E-state index in [9.17, 15) is 0 Å². The lowest BCUT2D eigenvalue weighted by Crippen LogP contribution is -2.39. The van der Waals surface area contributed by atoms with Gasteiger partial charge in [-0.3, -0.25) is 4.99 Å². The van der Waals surface area contributed by atoms with Gasteiger partial charge < -0.3 is 15.4 Å². The van der Waals surface area contributed by atoms with E-state index >= 15 is 0 Å². The van der Waals surface area contributed by atoms with E-state index in [0.29, 0.717) is 0 Å². The minimum absolute atomic E-state index is 0. The van der Waals surface area contributed by atoms with Gasteiger partial charge in [-0.15, -0.1) is 35.7 Å². The third-order valence-electron chi connectivity index (χ3n) is 3.51. The molecule has 6 heteroatoms. The molecule has 0 heterocycles. The van der Waals surface area contributed by atoms with Gasteiger partial charge in [0.1, 0.15) is 5.75 Å². The van der Waals surface area contributed by atoms with E-state index in [1.807, 2.05) is 36.0 Å². The second kappa shape index (κ2) is 12.9. The van der Waals surface area contributed by atoms with Gasteiger partial charge in [0, 0.05) is 30.8 Å². The lowest BCUT2D eigenvalue weighted by atomic mass is 10.1. The van der Waals surface area contributed by atoms with E-state index in [1.165, 1.54) is 10.5 Å². The number of halogens is 1. The summed E-state index contributed by atoms with van der Waals surface area (Å²) in [7, 11) is 3.50. The van der Waals surface area contributed by atoms with Crippen LogP contribution in [0.3, 0.4) is 0 Å². The number of aliphatic imine (C=N–C) groups is 1. The molecule has 25 heavy (non-hydrogen) atoms. The summed E-state index contributed by atoms with van der Waals surface area (Å²) >= 11 is 1.84. The van der Waals surface area contributed by atoms with Crippen LogP contribution in [-0.4, -0.2) is 39.0 Å². The highest BCUT2D eigenvalue weighted by molar-refractivity contribution is 14.0. The smallest absolute Gasteiger partial charge is 0.191 e. The van der Waals surface area contributed by atoms with Crippen molar-refractivity contribution < 1.29 is 4.74 Å². The Labute approximate surface area is 171 Å².